The minimum absolute atomic E-state index is 0.152. The zero-order valence-corrected chi connectivity index (χ0v) is 10.6. The third-order valence-electron chi connectivity index (χ3n) is 4.65. The second-order valence-corrected chi connectivity index (χ2v) is 5.69. The van der Waals surface area contributed by atoms with E-state index in [1.807, 2.05) is 0 Å². The van der Waals surface area contributed by atoms with Crippen LogP contribution in [0.5, 0.6) is 0 Å². The number of piperidine rings is 1. The molecule has 0 radical (unpaired) electrons. The van der Waals surface area contributed by atoms with Gasteiger partial charge in [-0.2, -0.15) is 0 Å². The van der Waals surface area contributed by atoms with Crippen molar-refractivity contribution in [3.05, 3.63) is 0 Å². The van der Waals surface area contributed by atoms with Crippen LogP contribution in [0.3, 0.4) is 0 Å². The molecule has 0 amide bonds. The number of carboxylic acids is 1. The molecule has 3 unspecified atom stereocenters. The van der Waals surface area contributed by atoms with Gasteiger partial charge in [0.1, 0.15) is 5.60 Å². The molecule has 0 aromatic carbocycles. The van der Waals surface area contributed by atoms with E-state index in [0.717, 1.165) is 45.4 Å². The first-order chi connectivity index (χ1) is 8.71. The first kappa shape index (κ1) is 12.4. The van der Waals surface area contributed by atoms with Crippen molar-refractivity contribution in [2.75, 3.05) is 32.9 Å². The van der Waals surface area contributed by atoms with Crippen LogP contribution in [0.25, 0.3) is 0 Å². The summed E-state index contributed by atoms with van der Waals surface area (Å²) in [5.41, 5.74) is -0.152. The fourth-order valence-corrected chi connectivity index (χ4v) is 3.68. The highest BCUT2D eigenvalue weighted by Crippen LogP contribution is 2.38. The third-order valence-corrected chi connectivity index (χ3v) is 4.65. The van der Waals surface area contributed by atoms with Gasteiger partial charge in [0.2, 0.25) is 0 Å². The summed E-state index contributed by atoms with van der Waals surface area (Å²) in [4.78, 5) is 13.5. The number of nitrogens with zero attached hydrogens (tertiary/aromatic N) is 1. The van der Waals surface area contributed by atoms with Crippen LogP contribution in [-0.2, 0) is 14.3 Å². The summed E-state index contributed by atoms with van der Waals surface area (Å²) in [6.45, 7) is 3.89. The Balaban J connectivity index is 1.71. The van der Waals surface area contributed by atoms with E-state index in [4.69, 9.17) is 9.47 Å². The molecule has 102 valence electrons. The van der Waals surface area contributed by atoms with Gasteiger partial charge in [0.25, 0.3) is 0 Å². The van der Waals surface area contributed by atoms with Crippen molar-refractivity contribution in [3.63, 3.8) is 0 Å². The van der Waals surface area contributed by atoms with Gasteiger partial charge in [0.05, 0.1) is 12.5 Å². The summed E-state index contributed by atoms with van der Waals surface area (Å²) in [5.74, 6) is -0.867. The van der Waals surface area contributed by atoms with Crippen LogP contribution >= 0.6 is 0 Å². The molecule has 0 saturated carbocycles. The Kier molecular flexibility index (Phi) is 3.30. The SMILES string of the molecule is O=C(O)C1CCCN(C2CCOC23CCOC3)C1. The van der Waals surface area contributed by atoms with E-state index >= 15 is 0 Å². The third kappa shape index (κ3) is 2.04. The summed E-state index contributed by atoms with van der Waals surface area (Å²) in [6, 6.07) is 0.349. The normalized spacial score (nSPS) is 41.6. The lowest BCUT2D eigenvalue weighted by atomic mass is 9.88. The first-order valence-corrected chi connectivity index (χ1v) is 6.90. The summed E-state index contributed by atoms with van der Waals surface area (Å²) in [7, 11) is 0. The number of rotatable bonds is 2. The van der Waals surface area contributed by atoms with E-state index in [1.165, 1.54) is 0 Å². The second-order valence-electron chi connectivity index (χ2n) is 5.69. The Hall–Kier alpha value is -0.650. The van der Waals surface area contributed by atoms with Gasteiger partial charge in [-0.05, 0) is 25.8 Å². The van der Waals surface area contributed by atoms with Gasteiger partial charge < -0.3 is 14.6 Å². The van der Waals surface area contributed by atoms with E-state index in [9.17, 15) is 9.90 Å². The van der Waals surface area contributed by atoms with E-state index < -0.39 is 5.97 Å². The van der Waals surface area contributed by atoms with Crippen molar-refractivity contribution in [2.45, 2.75) is 37.3 Å². The Morgan fingerprint density at radius 3 is 2.94 bits per heavy atom. The van der Waals surface area contributed by atoms with Crippen LogP contribution in [0.15, 0.2) is 0 Å². The molecule has 18 heavy (non-hydrogen) atoms. The van der Waals surface area contributed by atoms with Gasteiger partial charge in [-0.15, -0.1) is 0 Å². The van der Waals surface area contributed by atoms with E-state index in [-0.39, 0.29) is 11.5 Å². The fourth-order valence-electron chi connectivity index (χ4n) is 3.68. The fraction of sp³-hybridized carbons (Fsp3) is 0.923. The molecule has 3 fully saturated rings. The molecule has 3 aliphatic rings. The van der Waals surface area contributed by atoms with Gasteiger partial charge >= 0.3 is 5.97 Å². The number of likely N-dealkylation sites (tertiary alicyclic amines) is 1. The smallest absolute Gasteiger partial charge is 0.307 e. The average molecular weight is 255 g/mol. The van der Waals surface area contributed by atoms with Crippen molar-refractivity contribution in [1.82, 2.24) is 4.90 Å². The summed E-state index contributed by atoms with van der Waals surface area (Å²) in [6.07, 6.45) is 3.74. The minimum atomic E-state index is -0.657. The minimum Gasteiger partial charge on any atom is -0.481 e. The van der Waals surface area contributed by atoms with Crippen LogP contribution in [0.1, 0.15) is 25.7 Å². The van der Waals surface area contributed by atoms with E-state index in [2.05, 4.69) is 4.90 Å². The van der Waals surface area contributed by atoms with Crippen molar-refractivity contribution in [3.8, 4) is 0 Å². The van der Waals surface area contributed by atoms with Crippen LogP contribution in [0.2, 0.25) is 0 Å². The first-order valence-electron chi connectivity index (χ1n) is 6.90. The number of hydrogen-bond donors (Lipinski definition) is 1. The lowest BCUT2D eigenvalue weighted by molar-refractivity contribution is -0.144. The number of hydrogen-bond acceptors (Lipinski definition) is 4. The molecule has 3 heterocycles. The zero-order chi connectivity index (χ0) is 12.6. The Morgan fingerprint density at radius 2 is 2.22 bits per heavy atom. The van der Waals surface area contributed by atoms with E-state index in [1.54, 1.807) is 0 Å². The van der Waals surface area contributed by atoms with Gasteiger partial charge in [-0.3, -0.25) is 9.69 Å². The molecular formula is C13H21NO4. The van der Waals surface area contributed by atoms with Crippen LogP contribution < -0.4 is 0 Å². The van der Waals surface area contributed by atoms with Crippen molar-refractivity contribution in [1.29, 1.82) is 0 Å². The van der Waals surface area contributed by atoms with Crippen molar-refractivity contribution in [2.24, 2.45) is 5.92 Å². The van der Waals surface area contributed by atoms with Crippen molar-refractivity contribution >= 4 is 5.97 Å². The number of carboxylic acid groups (broad SMARTS) is 1. The summed E-state index contributed by atoms with van der Waals surface area (Å²) >= 11 is 0. The van der Waals surface area contributed by atoms with Crippen LogP contribution in [0.4, 0.5) is 0 Å². The molecule has 3 saturated heterocycles. The van der Waals surface area contributed by atoms with Gasteiger partial charge in [-0.25, -0.2) is 0 Å². The summed E-state index contributed by atoms with van der Waals surface area (Å²) < 4.78 is 11.5. The molecule has 1 N–H and O–H groups in total. The maximum atomic E-state index is 11.1. The highest BCUT2D eigenvalue weighted by Gasteiger charge is 2.50. The standard InChI is InChI=1S/C13H21NO4/c15-12(16)10-2-1-5-14(8-10)11-3-6-18-13(11)4-7-17-9-13/h10-11H,1-9H2,(H,15,16). The van der Waals surface area contributed by atoms with Gasteiger partial charge in [0.15, 0.2) is 0 Å². The predicted molar refractivity (Wildman–Crippen MR) is 64.5 cm³/mol. The largest absolute Gasteiger partial charge is 0.481 e. The average Bonchev–Trinajstić information content (AvgIpc) is 3.01. The summed E-state index contributed by atoms with van der Waals surface area (Å²) in [5, 5.41) is 9.17. The van der Waals surface area contributed by atoms with Crippen LogP contribution in [0, 0.1) is 5.92 Å². The molecule has 5 nitrogen and oxygen atoms in total. The zero-order valence-electron chi connectivity index (χ0n) is 10.6. The molecule has 0 aliphatic carbocycles. The molecule has 5 heteroatoms. The highest BCUT2D eigenvalue weighted by atomic mass is 16.6. The maximum absolute atomic E-state index is 11.1. The number of aliphatic carboxylic acids is 1. The molecule has 3 atom stereocenters. The molecule has 0 aromatic heterocycles. The predicted octanol–water partition coefficient (Wildman–Crippen LogP) is 0.731. The molecule has 1 spiro atoms. The lowest BCUT2D eigenvalue weighted by Crippen LogP contribution is -2.54. The highest BCUT2D eigenvalue weighted by molar-refractivity contribution is 5.70. The number of ether oxygens (including phenoxy) is 2. The Morgan fingerprint density at radius 1 is 1.33 bits per heavy atom. The van der Waals surface area contributed by atoms with E-state index in [0.29, 0.717) is 19.2 Å². The molecule has 0 aromatic rings. The lowest BCUT2D eigenvalue weighted by Gasteiger charge is -2.41. The van der Waals surface area contributed by atoms with Gasteiger partial charge in [-0.1, -0.05) is 0 Å². The van der Waals surface area contributed by atoms with Crippen molar-refractivity contribution < 1.29 is 19.4 Å². The quantitative estimate of drug-likeness (QED) is 0.788. The molecule has 3 aliphatic heterocycles. The molecule has 0 bridgehead atoms. The molecular weight excluding hydrogens is 234 g/mol. The number of carbonyl (C=O) groups is 1. The topological polar surface area (TPSA) is 59.0 Å². The molecule has 3 rings (SSSR count). The van der Waals surface area contributed by atoms with Gasteiger partial charge in [0, 0.05) is 32.2 Å². The Bertz CT molecular complexity index is 321. The monoisotopic (exact) mass is 255 g/mol. The van der Waals surface area contributed by atoms with Crippen LogP contribution in [-0.4, -0.2) is 60.5 Å². The Labute approximate surface area is 107 Å². The maximum Gasteiger partial charge on any atom is 0.307 e. The second kappa shape index (κ2) is 4.79.